The predicted molar refractivity (Wildman–Crippen MR) is 159 cm³/mol. The number of pyridine rings is 1. The first kappa shape index (κ1) is 29.1. The number of aromatic nitrogens is 2. The standard InChI is InChI=1S/C32H37N5O5/c1-20(38)30(39)36-13-9-25(10-14-36)41-28-6-5-22(15-23(28)17-33)27-19-35-29-26(27)16-24(18-34-29)21-7-11-37(12-8-21)31(40)42-32(2,3)4/h5-7,15-16,18-20,25,38H,8-14H2,1-4H3,(H,34,35). The van der Waals surface area contributed by atoms with Gasteiger partial charge in [-0.15, -0.1) is 0 Å². The lowest BCUT2D eigenvalue weighted by Gasteiger charge is -2.33. The van der Waals surface area contributed by atoms with Gasteiger partial charge in [0.1, 0.15) is 35.3 Å². The van der Waals surface area contributed by atoms with Crippen LogP contribution in [0.4, 0.5) is 4.79 Å². The van der Waals surface area contributed by atoms with Crippen molar-refractivity contribution in [2.45, 2.75) is 64.8 Å². The zero-order valence-corrected chi connectivity index (χ0v) is 24.5. The second-order valence-electron chi connectivity index (χ2n) is 11.9. The van der Waals surface area contributed by atoms with Crippen LogP contribution in [0, 0.1) is 11.3 Å². The lowest BCUT2D eigenvalue weighted by atomic mass is 9.98. The highest BCUT2D eigenvalue weighted by Gasteiger charge is 2.27. The summed E-state index contributed by atoms with van der Waals surface area (Å²) in [6.07, 6.45) is 6.32. The Balaban J connectivity index is 1.31. The molecule has 0 spiro atoms. The molecule has 4 heterocycles. The van der Waals surface area contributed by atoms with Gasteiger partial charge >= 0.3 is 6.09 Å². The van der Waals surface area contributed by atoms with Gasteiger partial charge in [0.2, 0.25) is 0 Å². The van der Waals surface area contributed by atoms with Gasteiger partial charge in [0.15, 0.2) is 0 Å². The molecular weight excluding hydrogens is 534 g/mol. The molecule has 220 valence electrons. The third-order valence-corrected chi connectivity index (χ3v) is 7.58. The van der Waals surface area contributed by atoms with Crippen LogP contribution in [0.25, 0.3) is 27.7 Å². The molecule has 2 aliphatic heterocycles. The molecule has 1 unspecified atom stereocenters. The summed E-state index contributed by atoms with van der Waals surface area (Å²) in [6, 6.07) is 9.96. The molecule has 3 aromatic rings. The Labute approximate surface area is 245 Å². The highest BCUT2D eigenvalue weighted by molar-refractivity contribution is 5.95. The maximum absolute atomic E-state index is 12.4. The normalized spacial score (nSPS) is 17.0. The SMILES string of the molecule is CC(O)C(=O)N1CCC(Oc2ccc(-c3c[nH]c4ncc(C5=CCN(C(=O)OC(C)(C)C)CC5)cc34)cc2C#N)CC1. The quantitative estimate of drug-likeness (QED) is 0.446. The van der Waals surface area contributed by atoms with Crippen molar-refractivity contribution in [3.05, 3.63) is 53.9 Å². The van der Waals surface area contributed by atoms with E-state index in [-0.39, 0.29) is 18.1 Å². The molecule has 1 aromatic carbocycles. The molecule has 1 fully saturated rings. The Kier molecular flexibility index (Phi) is 8.23. The van der Waals surface area contributed by atoms with E-state index in [2.05, 4.69) is 22.1 Å². The number of ether oxygens (including phenoxy) is 2. The van der Waals surface area contributed by atoms with Gasteiger partial charge in [0, 0.05) is 62.4 Å². The van der Waals surface area contributed by atoms with Crippen molar-refractivity contribution in [1.82, 2.24) is 19.8 Å². The third-order valence-electron chi connectivity index (χ3n) is 7.58. The van der Waals surface area contributed by atoms with E-state index in [4.69, 9.17) is 9.47 Å². The number of H-pyrrole nitrogens is 1. The number of nitriles is 1. The first-order valence-corrected chi connectivity index (χ1v) is 14.3. The molecule has 10 heteroatoms. The van der Waals surface area contributed by atoms with Crippen molar-refractivity contribution >= 4 is 28.6 Å². The predicted octanol–water partition coefficient (Wildman–Crippen LogP) is 4.88. The first-order chi connectivity index (χ1) is 20.0. The Morgan fingerprint density at radius 3 is 2.55 bits per heavy atom. The van der Waals surface area contributed by atoms with Crippen LogP contribution in [0.15, 0.2) is 42.7 Å². The van der Waals surface area contributed by atoms with Gasteiger partial charge in [-0.25, -0.2) is 9.78 Å². The summed E-state index contributed by atoms with van der Waals surface area (Å²) >= 11 is 0. The minimum absolute atomic E-state index is 0.115. The fourth-order valence-electron chi connectivity index (χ4n) is 5.37. The van der Waals surface area contributed by atoms with Crippen LogP contribution in [0.5, 0.6) is 5.75 Å². The second kappa shape index (κ2) is 11.9. The number of piperidine rings is 1. The number of hydrogen-bond donors (Lipinski definition) is 2. The Bertz CT molecular complexity index is 1550. The second-order valence-corrected chi connectivity index (χ2v) is 11.9. The van der Waals surface area contributed by atoms with Crippen molar-refractivity contribution in [3.63, 3.8) is 0 Å². The number of nitrogens with one attached hydrogen (secondary N) is 1. The van der Waals surface area contributed by atoms with Crippen molar-refractivity contribution in [2.75, 3.05) is 26.2 Å². The van der Waals surface area contributed by atoms with Crippen LogP contribution < -0.4 is 4.74 Å². The van der Waals surface area contributed by atoms with E-state index in [1.807, 2.05) is 57.4 Å². The van der Waals surface area contributed by atoms with Crippen molar-refractivity contribution in [2.24, 2.45) is 0 Å². The number of carbonyl (C=O) groups excluding carboxylic acids is 2. The number of aromatic amines is 1. The number of carbonyl (C=O) groups is 2. The number of aliphatic hydroxyl groups is 1. The number of fused-ring (bicyclic) bond motifs is 1. The molecule has 1 saturated heterocycles. The third kappa shape index (κ3) is 6.42. The molecule has 0 aliphatic carbocycles. The molecule has 0 saturated carbocycles. The maximum Gasteiger partial charge on any atom is 0.410 e. The summed E-state index contributed by atoms with van der Waals surface area (Å²) in [5.41, 5.74) is 4.57. The minimum atomic E-state index is -1.01. The van der Waals surface area contributed by atoms with Crippen LogP contribution in [-0.2, 0) is 9.53 Å². The highest BCUT2D eigenvalue weighted by Crippen LogP contribution is 2.34. The zero-order valence-electron chi connectivity index (χ0n) is 24.5. The molecule has 0 radical (unpaired) electrons. The number of aliphatic hydroxyl groups excluding tert-OH is 1. The van der Waals surface area contributed by atoms with Gasteiger partial charge in [0.25, 0.3) is 5.91 Å². The van der Waals surface area contributed by atoms with Crippen molar-refractivity contribution < 1.29 is 24.2 Å². The Morgan fingerprint density at radius 1 is 1.14 bits per heavy atom. The lowest BCUT2D eigenvalue weighted by Crippen LogP contribution is -2.45. The molecule has 0 bridgehead atoms. The van der Waals surface area contributed by atoms with Gasteiger partial charge in [0.05, 0.1) is 5.56 Å². The maximum atomic E-state index is 12.4. The number of benzene rings is 1. The molecule has 42 heavy (non-hydrogen) atoms. The van der Waals surface area contributed by atoms with Crippen LogP contribution in [-0.4, -0.2) is 80.9 Å². The molecule has 1 atom stereocenters. The summed E-state index contributed by atoms with van der Waals surface area (Å²) < 4.78 is 11.7. The lowest BCUT2D eigenvalue weighted by molar-refractivity contribution is -0.141. The highest BCUT2D eigenvalue weighted by atomic mass is 16.6. The van der Waals surface area contributed by atoms with Gasteiger partial charge in [-0.3, -0.25) is 4.79 Å². The summed E-state index contributed by atoms with van der Waals surface area (Å²) in [6.45, 7) is 9.13. The largest absolute Gasteiger partial charge is 0.489 e. The molecule has 2 aliphatic rings. The summed E-state index contributed by atoms with van der Waals surface area (Å²) in [4.78, 5) is 35.7. The van der Waals surface area contributed by atoms with Crippen LogP contribution in [0.2, 0.25) is 0 Å². The molecule has 5 rings (SSSR count). The minimum Gasteiger partial charge on any atom is -0.489 e. The zero-order chi connectivity index (χ0) is 30.0. The smallest absolute Gasteiger partial charge is 0.410 e. The number of nitrogens with zero attached hydrogens (tertiary/aromatic N) is 4. The van der Waals surface area contributed by atoms with E-state index in [1.165, 1.54) is 6.92 Å². The first-order valence-electron chi connectivity index (χ1n) is 14.3. The fraction of sp³-hybridized carbons (Fsp3) is 0.438. The summed E-state index contributed by atoms with van der Waals surface area (Å²) in [5, 5.41) is 20.4. The average molecular weight is 572 g/mol. The van der Waals surface area contributed by atoms with E-state index >= 15 is 0 Å². The van der Waals surface area contributed by atoms with Crippen LogP contribution in [0.1, 0.15) is 58.1 Å². The molecule has 10 nitrogen and oxygen atoms in total. The number of hydrogen-bond acceptors (Lipinski definition) is 7. The topological polar surface area (TPSA) is 132 Å². The molecule has 2 aromatic heterocycles. The number of likely N-dealkylation sites (tertiary alicyclic amines) is 1. The molecule has 2 amide bonds. The number of amides is 2. The Morgan fingerprint density at radius 2 is 1.90 bits per heavy atom. The fourth-order valence-corrected chi connectivity index (χ4v) is 5.37. The monoisotopic (exact) mass is 571 g/mol. The van der Waals surface area contributed by atoms with E-state index in [9.17, 15) is 20.0 Å². The number of rotatable bonds is 5. The van der Waals surface area contributed by atoms with Gasteiger partial charge in [-0.1, -0.05) is 12.1 Å². The van der Waals surface area contributed by atoms with Crippen molar-refractivity contribution in [3.8, 4) is 22.9 Å². The van der Waals surface area contributed by atoms with Crippen LogP contribution in [0.3, 0.4) is 0 Å². The summed E-state index contributed by atoms with van der Waals surface area (Å²) in [7, 11) is 0. The van der Waals surface area contributed by atoms with E-state index in [0.717, 1.165) is 33.3 Å². The van der Waals surface area contributed by atoms with Gasteiger partial charge < -0.3 is 29.4 Å². The van der Waals surface area contributed by atoms with Crippen molar-refractivity contribution in [1.29, 1.82) is 5.26 Å². The Hall–Kier alpha value is -4.36. The molecular formula is C32H37N5O5. The van der Waals surface area contributed by atoms with Gasteiger partial charge in [-0.2, -0.15) is 5.26 Å². The van der Waals surface area contributed by atoms with Gasteiger partial charge in [-0.05, 0) is 69.0 Å². The van der Waals surface area contributed by atoms with E-state index < -0.39 is 11.7 Å². The summed E-state index contributed by atoms with van der Waals surface area (Å²) in [5.74, 6) is 0.247. The van der Waals surface area contributed by atoms with E-state index in [0.29, 0.717) is 56.8 Å². The van der Waals surface area contributed by atoms with E-state index in [1.54, 1.807) is 9.80 Å². The average Bonchev–Trinajstić information content (AvgIpc) is 3.40. The van der Waals surface area contributed by atoms with Crippen LogP contribution >= 0.6 is 0 Å². The molecule has 2 N–H and O–H groups in total.